The SMILES string of the molecule is Cc1cc([N+](=O)[O-])cc2c(N=NC(=O)c3ccc(Cl)cc3Cl)c(O)[nH]c12. The Labute approximate surface area is 156 Å². The van der Waals surface area contributed by atoms with Crippen LogP contribution in [0.1, 0.15) is 15.9 Å². The third-order valence-corrected chi connectivity index (χ3v) is 4.20. The number of non-ortho nitro benzene ring substituents is 1. The van der Waals surface area contributed by atoms with Crippen molar-refractivity contribution in [3.63, 3.8) is 0 Å². The predicted octanol–water partition coefficient (Wildman–Crippen LogP) is 5.32. The number of H-pyrrole nitrogens is 1. The molecule has 2 N–H and O–H groups in total. The highest BCUT2D eigenvalue weighted by Gasteiger charge is 2.18. The van der Waals surface area contributed by atoms with Crippen LogP contribution < -0.4 is 0 Å². The largest absolute Gasteiger partial charge is 0.493 e. The number of aryl methyl sites for hydroxylation is 1. The Balaban J connectivity index is 2.05. The summed E-state index contributed by atoms with van der Waals surface area (Å²) in [6.07, 6.45) is 0. The van der Waals surface area contributed by atoms with Crippen LogP contribution in [-0.2, 0) is 0 Å². The number of amides is 1. The van der Waals surface area contributed by atoms with Crippen LogP contribution in [0.4, 0.5) is 11.4 Å². The number of carbonyl (C=O) groups excluding carboxylic acids is 1. The molecule has 0 bridgehead atoms. The number of carbonyl (C=O) groups is 1. The summed E-state index contributed by atoms with van der Waals surface area (Å²) in [6, 6.07) is 6.87. The minimum absolute atomic E-state index is 0.0785. The van der Waals surface area contributed by atoms with Crippen molar-refractivity contribution in [2.45, 2.75) is 6.92 Å². The Hall–Kier alpha value is -2.97. The average Bonchev–Trinajstić information content (AvgIpc) is 2.88. The Morgan fingerprint density at radius 3 is 2.65 bits per heavy atom. The van der Waals surface area contributed by atoms with E-state index in [2.05, 4.69) is 15.2 Å². The van der Waals surface area contributed by atoms with Crippen molar-refractivity contribution >= 4 is 51.4 Å². The second-order valence-electron chi connectivity index (χ2n) is 5.39. The number of nitrogens with zero attached hydrogens (tertiary/aromatic N) is 3. The summed E-state index contributed by atoms with van der Waals surface area (Å²) in [5.74, 6) is -1.11. The van der Waals surface area contributed by atoms with E-state index >= 15 is 0 Å². The van der Waals surface area contributed by atoms with Crippen LogP contribution in [0.25, 0.3) is 10.9 Å². The number of aromatic amines is 1. The first-order chi connectivity index (χ1) is 12.3. The lowest BCUT2D eigenvalue weighted by atomic mass is 10.1. The number of hydrogen-bond donors (Lipinski definition) is 2. The highest BCUT2D eigenvalue weighted by Crippen LogP contribution is 2.39. The molecule has 1 aromatic heterocycles. The van der Waals surface area contributed by atoms with Gasteiger partial charge in [-0.3, -0.25) is 14.9 Å². The summed E-state index contributed by atoms with van der Waals surface area (Å²) in [4.78, 5) is 25.3. The quantitative estimate of drug-likeness (QED) is 0.355. The van der Waals surface area contributed by atoms with Crippen LogP contribution >= 0.6 is 23.2 Å². The number of hydrogen-bond acceptors (Lipinski definition) is 5. The van der Waals surface area contributed by atoms with E-state index in [1.165, 1.54) is 30.3 Å². The Bertz CT molecular complexity index is 1090. The summed E-state index contributed by atoms with van der Waals surface area (Å²) < 4.78 is 0. The molecule has 8 nitrogen and oxygen atoms in total. The van der Waals surface area contributed by atoms with Crippen molar-refractivity contribution in [1.29, 1.82) is 0 Å². The van der Waals surface area contributed by atoms with Gasteiger partial charge in [0.25, 0.3) is 11.6 Å². The number of nitrogens with one attached hydrogen (secondary N) is 1. The zero-order valence-electron chi connectivity index (χ0n) is 13.2. The predicted molar refractivity (Wildman–Crippen MR) is 96.7 cm³/mol. The summed E-state index contributed by atoms with van der Waals surface area (Å²) >= 11 is 11.7. The number of aromatic nitrogens is 1. The second-order valence-corrected chi connectivity index (χ2v) is 6.24. The number of nitro groups is 1. The molecule has 0 spiro atoms. The van der Waals surface area contributed by atoms with Crippen LogP contribution in [0.15, 0.2) is 40.6 Å². The van der Waals surface area contributed by atoms with Crippen LogP contribution in [0.3, 0.4) is 0 Å². The van der Waals surface area contributed by atoms with Crippen LogP contribution in [0.5, 0.6) is 5.88 Å². The smallest absolute Gasteiger partial charge is 0.296 e. The van der Waals surface area contributed by atoms with E-state index in [0.29, 0.717) is 16.1 Å². The van der Waals surface area contributed by atoms with E-state index in [4.69, 9.17) is 23.2 Å². The molecular formula is C16H10Cl2N4O4. The Morgan fingerprint density at radius 2 is 2.00 bits per heavy atom. The highest BCUT2D eigenvalue weighted by atomic mass is 35.5. The average molecular weight is 393 g/mol. The molecule has 10 heteroatoms. The van der Waals surface area contributed by atoms with Crippen molar-refractivity contribution in [2.75, 3.05) is 0 Å². The molecule has 1 amide bonds. The molecule has 132 valence electrons. The van der Waals surface area contributed by atoms with Gasteiger partial charge in [0.2, 0.25) is 5.88 Å². The summed E-state index contributed by atoms with van der Waals surface area (Å²) in [6.45, 7) is 1.64. The third-order valence-electron chi connectivity index (χ3n) is 3.66. The van der Waals surface area contributed by atoms with E-state index in [1.54, 1.807) is 6.92 Å². The summed E-state index contributed by atoms with van der Waals surface area (Å²) in [5, 5.41) is 29.1. The lowest BCUT2D eigenvalue weighted by Gasteiger charge is -1.99. The number of azo groups is 1. The van der Waals surface area contributed by atoms with Gasteiger partial charge in [-0.25, -0.2) is 0 Å². The zero-order valence-corrected chi connectivity index (χ0v) is 14.7. The topological polar surface area (TPSA) is 121 Å². The Kier molecular flexibility index (Phi) is 4.62. The number of halogens is 2. The molecule has 0 aliphatic rings. The molecule has 1 heterocycles. The molecule has 0 radical (unpaired) electrons. The van der Waals surface area contributed by atoms with Crippen LogP contribution in [0.2, 0.25) is 10.0 Å². The van der Waals surface area contributed by atoms with Crippen molar-refractivity contribution in [3.05, 3.63) is 61.6 Å². The lowest BCUT2D eigenvalue weighted by Crippen LogP contribution is -1.94. The van der Waals surface area contributed by atoms with E-state index < -0.39 is 10.8 Å². The van der Waals surface area contributed by atoms with E-state index in [-0.39, 0.29) is 33.2 Å². The minimum atomic E-state index is -0.748. The molecule has 26 heavy (non-hydrogen) atoms. The summed E-state index contributed by atoms with van der Waals surface area (Å²) in [5.41, 5.74) is 0.834. The molecule has 0 unspecified atom stereocenters. The first-order valence-electron chi connectivity index (χ1n) is 7.18. The molecule has 2 aromatic carbocycles. The van der Waals surface area contributed by atoms with Gasteiger partial charge in [-0.15, -0.1) is 10.2 Å². The van der Waals surface area contributed by atoms with Gasteiger partial charge in [0.05, 0.1) is 21.0 Å². The molecular weight excluding hydrogens is 383 g/mol. The first-order valence-corrected chi connectivity index (χ1v) is 7.94. The molecule has 0 saturated heterocycles. The molecule has 0 atom stereocenters. The standard InChI is InChI=1S/C16H10Cl2N4O4/c1-7-4-9(22(25)26)6-11-13(7)19-16(24)14(11)20-21-15(23)10-3-2-8(17)5-12(10)18/h2-6,19,24H,1H3. The first kappa shape index (κ1) is 17.8. The van der Waals surface area contributed by atoms with Gasteiger partial charge in [-0.1, -0.05) is 23.2 Å². The number of benzene rings is 2. The monoisotopic (exact) mass is 392 g/mol. The van der Waals surface area contributed by atoms with Gasteiger partial charge >= 0.3 is 0 Å². The maximum absolute atomic E-state index is 12.2. The summed E-state index contributed by atoms with van der Waals surface area (Å²) in [7, 11) is 0. The number of fused-ring (bicyclic) bond motifs is 1. The molecule has 0 aliphatic heterocycles. The van der Waals surface area contributed by atoms with Crippen molar-refractivity contribution in [2.24, 2.45) is 10.2 Å². The van der Waals surface area contributed by atoms with Gasteiger partial charge in [0.1, 0.15) is 0 Å². The molecule has 0 saturated carbocycles. The fraction of sp³-hybridized carbons (Fsp3) is 0.0625. The van der Waals surface area contributed by atoms with Gasteiger partial charge in [0, 0.05) is 22.5 Å². The van der Waals surface area contributed by atoms with E-state index in [9.17, 15) is 20.0 Å². The second kappa shape index (κ2) is 6.74. The van der Waals surface area contributed by atoms with Crippen LogP contribution in [-0.4, -0.2) is 20.9 Å². The van der Waals surface area contributed by atoms with Gasteiger partial charge in [-0.05, 0) is 30.7 Å². The van der Waals surface area contributed by atoms with Gasteiger partial charge < -0.3 is 10.1 Å². The maximum Gasteiger partial charge on any atom is 0.296 e. The maximum atomic E-state index is 12.2. The number of aromatic hydroxyl groups is 1. The molecule has 0 fully saturated rings. The fourth-order valence-electron chi connectivity index (χ4n) is 2.44. The number of rotatable bonds is 3. The van der Waals surface area contributed by atoms with Crippen LogP contribution in [0, 0.1) is 17.0 Å². The zero-order chi connectivity index (χ0) is 19.0. The minimum Gasteiger partial charge on any atom is -0.493 e. The van der Waals surface area contributed by atoms with E-state index in [1.807, 2.05) is 0 Å². The Morgan fingerprint density at radius 1 is 1.27 bits per heavy atom. The van der Waals surface area contributed by atoms with Crippen molar-refractivity contribution < 1.29 is 14.8 Å². The van der Waals surface area contributed by atoms with Gasteiger partial charge in [-0.2, -0.15) is 0 Å². The third kappa shape index (κ3) is 3.24. The van der Waals surface area contributed by atoms with E-state index in [0.717, 1.165) is 0 Å². The normalized spacial score (nSPS) is 11.3. The molecule has 3 aromatic rings. The van der Waals surface area contributed by atoms with Crippen molar-refractivity contribution in [3.8, 4) is 5.88 Å². The molecule has 3 rings (SSSR count). The fourth-order valence-corrected chi connectivity index (χ4v) is 2.93. The van der Waals surface area contributed by atoms with Gasteiger partial charge in [0.15, 0.2) is 5.69 Å². The highest BCUT2D eigenvalue weighted by molar-refractivity contribution is 6.36. The number of nitro benzene ring substituents is 1. The van der Waals surface area contributed by atoms with Crippen molar-refractivity contribution in [1.82, 2.24) is 4.98 Å². The lowest BCUT2D eigenvalue weighted by molar-refractivity contribution is -0.384. The molecule has 0 aliphatic carbocycles.